The summed E-state index contributed by atoms with van der Waals surface area (Å²) in [6, 6.07) is 10.00. The van der Waals surface area contributed by atoms with Gasteiger partial charge in [-0.15, -0.1) is 0 Å². The summed E-state index contributed by atoms with van der Waals surface area (Å²) >= 11 is 0. The molecular weight excluding hydrogens is 254 g/mol. The summed E-state index contributed by atoms with van der Waals surface area (Å²) in [7, 11) is 0. The molecule has 1 nitrogen and oxygen atoms in total. The van der Waals surface area contributed by atoms with E-state index in [2.05, 4.69) is 29.6 Å². The predicted molar refractivity (Wildman–Crippen MR) is 88.5 cm³/mol. The molecule has 4 rings (SSSR count). The zero-order chi connectivity index (χ0) is 14.1. The molecule has 1 saturated heterocycles. The van der Waals surface area contributed by atoms with Gasteiger partial charge in [0.2, 0.25) is 0 Å². The minimum atomic E-state index is 0.630. The van der Waals surface area contributed by atoms with Gasteiger partial charge in [-0.2, -0.15) is 0 Å². The van der Waals surface area contributed by atoms with E-state index in [0.29, 0.717) is 5.41 Å². The zero-order valence-electron chi connectivity index (χ0n) is 13.2. The molecule has 3 aliphatic rings. The molecule has 1 aromatic rings. The first-order valence-electron chi connectivity index (χ1n) is 9.15. The number of fused-ring (bicyclic) bond motifs is 1. The molecule has 0 bridgehead atoms. The van der Waals surface area contributed by atoms with Crippen molar-refractivity contribution >= 4 is 0 Å². The summed E-state index contributed by atoms with van der Waals surface area (Å²) in [6.45, 7) is 1.26. The summed E-state index contributed by atoms with van der Waals surface area (Å²) in [5.74, 6) is 0.956. The standard InChI is InChI=1S/C20H29N/c1-2-8-19(21-13-5-1)16-9-11-20(12-10-16)14-17-6-3-4-7-18(17)15-20/h3-4,6-7,16,19,21H,1-2,5,8-15H2. The van der Waals surface area contributed by atoms with E-state index in [9.17, 15) is 0 Å². The Morgan fingerprint density at radius 3 is 2.29 bits per heavy atom. The van der Waals surface area contributed by atoms with Gasteiger partial charge in [0.25, 0.3) is 0 Å². The second-order valence-corrected chi connectivity index (χ2v) is 7.87. The Morgan fingerprint density at radius 2 is 1.57 bits per heavy atom. The van der Waals surface area contributed by atoms with Crippen LogP contribution in [0.4, 0.5) is 0 Å². The normalized spacial score (nSPS) is 29.2. The highest BCUT2D eigenvalue weighted by Gasteiger charge is 2.41. The molecule has 1 unspecified atom stereocenters. The lowest BCUT2D eigenvalue weighted by atomic mass is 9.67. The van der Waals surface area contributed by atoms with Crippen LogP contribution in [-0.2, 0) is 12.8 Å². The van der Waals surface area contributed by atoms with Crippen LogP contribution in [0, 0.1) is 11.3 Å². The van der Waals surface area contributed by atoms with Crippen LogP contribution in [-0.4, -0.2) is 12.6 Å². The molecule has 114 valence electrons. The van der Waals surface area contributed by atoms with E-state index in [1.807, 2.05) is 0 Å². The van der Waals surface area contributed by atoms with Crippen molar-refractivity contribution in [1.82, 2.24) is 5.32 Å². The van der Waals surface area contributed by atoms with Gasteiger partial charge in [0, 0.05) is 6.04 Å². The first-order chi connectivity index (χ1) is 10.3. The summed E-state index contributed by atoms with van der Waals surface area (Å²) in [4.78, 5) is 0. The number of nitrogens with one attached hydrogen (secondary N) is 1. The molecule has 1 heterocycles. The van der Waals surface area contributed by atoms with Crippen molar-refractivity contribution in [3.63, 3.8) is 0 Å². The molecule has 0 amide bonds. The predicted octanol–water partition coefficient (Wildman–Crippen LogP) is 4.49. The van der Waals surface area contributed by atoms with Gasteiger partial charge in [0.15, 0.2) is 0 Å². The maximum Gasteiger partial charge on any atom is 0.00953 e. The van der Waals surface area contributed by atoms with Crippen molar-refractivity contribution in [2.45, 2.75) is 70.3 Å². The van der Waals surface area contributed by atoms with Crippen molar-refractivity contribution in [2.75, 3.05) is 6.54 Å². The molecule has 1 spiro atoms. The van der Waals surface area contributed by atoms with E-state index in [1.165, 1.54) is 70.8 Å². The maximum atomic E-state index is 3.85. The van der Waals surface area contributed by atoms with Crippen LogP contribution in [0.3, 0.4) is 0 Å². The lowest BCUT2D eigenvalue weighted by Crippen LogP contribution is -2.40. The van der Waals surface area contributed by atoms with Crippen molar-refractivity contribution in [3.8, 4) is 0 Å². The average Bonchev–Trinajstić information content (AvgIpc) is 2.69. The Morgan fingerprint density at radius 1 is 0.857 bits per heavy atom. The Labute approximate surface area is 129 Å². The fourth-order valence-corrected chi connectivity index (χ4v) is 5.24. The summed E-state index contributed by atoms with van der Waals surface area (Å²) < 4.78 is 0. The van der Waals surface area contributed by atoms with E-state index in [4.69, 9.17) is 0 Å². The summed E-state index contributed by atoms with van der Waals surface area (Å²) in [6.07, 6.45) is 14.3. The van der Waals surface area contributed by atoms with Crippen LogP contribution in [0.5, 0.6) is 0 Å². The molecule has 2 fully saturated rings. The highest BCUT2D eigenvalue weighted by molar-refractivity contribution is 5.34. The second kappa shape index (κ2) is 5.76. The van der Waals surface area contributed by atoms with E-state index in [1.54, 1.807) is 11.1 Å². The first kappa shape index (κ1) is 13.8. The van der Waals surface area contributed by atoms with E-state index < -0.39 is 0 Å². The highest BCUT2D eigenvalue weighted by atomic mass is 14.9. The van der Waals surface area contributed by atoms with Crippen LogP contribution in [0.2, 0.25) is 0 Å². The number of rotatable bonds is 1. The molecule has 0 radical (unpaired) electrons. The first-order valence-corrected chi connectivity index (χ1v) is 9.15. The van der Waals surface area contributed by atoms with Gasteiger partial charge in [0.05, 0.1) is 0 Å². The molecule has 1 heteroatoms. The SMILES string of the molecule is c1ccc2c(c1)CC1(CCC(C3CCCCCN3)CC1)C2. The lowest BCUT2D eigenvalue weighted by Gasteiger charge is -2.40. The molecule has 1 aliphatic heterocycles. The topological polar surface area (TPSA) is 12.0 Å². The van der Waals surface area contributed by atoms with Crippen LogP contribution in [0.1, 0.15) is 62.5 Å². The van der Waals surface area contributed by atoms with Gasteiger partial charge in [-0.1, -0.05) is 37.1 Å². The minimum Gasteiger partial charge on any atom is -0.314 e. The number of benzene rings is 1. The smallest absolute Gasteiger partial charge is 0.00953 e. The third kappa shape index (κ3) is 2.77. The third-order valence-corrected chi connectivity index (χ3v) is 6.51. The largest absolute Gasteiger partial charge is 0.314 e. The molecule has 1 aromatic carbocycles. The minimum absolute atomic E-state index is 0.630. The van der Waals surface area contributed by atoms with Crippen molar-refractivity contribution in [2.24, 2.45) is 11.3 Å². The molecule has 1 saturated carbocycles. The van der Waals surface area contributed by atoms with Gasteiger partial charge >= 0.3 is 0 Å². The quantitative estimate of drug-likeness (QED) is 0.800. The molecule has 1 atom stereocenters. The lowest BCUT2D eigenvalue weighted by molar-refractivity contribution is 0.134. The zero-order valence-corrected chi connectivity index (χ0v) is 13.2. The fraction of sp³-hybridized carbons (Fsp3) is 0.700. The average molecular weight is 283 g/mol. The van der Waals surface area contributed by atoms with Crippen LogP contribution < -0.4 is 5.32 Å². The van der Waals surface area contributed by atoms with Crippen LogP contribution in [0.25, 0.3) is 0 Å². The third-order valence-electron chi connectivity index (χ3n) is 6.51. The second-order valence-electron chi connectivity index (χ2n) is 7.87. The van der Waals surface area contributed by atoms with Crippen molar-refractivity contribution in [3.05, 3.63) is 35.4 Å². The van der Waals surface area contributed by atoms with Crippen molar-refractivity contribution < 1.29 is 0 Å². The van der Waals surface area contributed by atoms with E-state index in [-0.39, 0.29) is 0 Å². The van der Waals surface area contributed by atoms with E-state index >= 15 is 0 Å². The van der Waals surface area contributed by atoms with Crippen LogP contribution in [0.15, 0.2) is 24.3 Å². The maximum absolute atomic E-state index is 3.85. The molecule has 1 N–H and O–H groups in total. The van der Waals surface area contributed by atoms with Gasteiger partial charge < -0.3 is 5.32 Å². The van der Waals surface area contributed by atoms with Crippen LogP contribution >= 0.6 is 0 Å². The summed E-state index contributed by atoms with van der Waals surface area (Å²) in [5, 5.41) is 3.85. The molecule has 0 aromatic heterocycles. The summed E-state index contributed by atoms with van der Waals surface area (Å²) in [5.41, 5.74) is 3.91. The monoisotopic (exact) mass is 283 g/mol. The number of hydrogen-bond donors (Lipinski definition) is 1. The Bertz CT molecular complexity index is 449. The van der Waals surface area contributed by atoms with Gasteiger partial charge in [-0.25, -0.2) is 0 Å². The Balaban J connectivity index is 1.39. The van der Waals surface area contributed by atoms with E-state index in [0.717, 1.165) is 12.0 Å². The van der Waals surface area contributed by atoms with Crippen molar-refractivity contribution in [1.29, 1.82) is 0 Å². The molecular formula is C20H29N. The molecule has 2 aliphatic carbocycles. The highest BCUT2D eigenvalue weighted by Crippen LogP contribution is 2.49. The van der Waals surface area contributed by atoms with Gasteiger partial charge in [0.1, 0.15) is 0 Å². The Hall–Kier alpha value is -0.820. The van der Waals surface area contributed by atoms with Gasteiger partial charge in [-0.05, 0) is 80.4 Å². The van der Waals surface area contributed by atoms with Gasteiger partial charge in [-0.3, -0.25) is 0 Å². The molecule has 21 heavy (non-hydrogen) atoms. The Kier molecular flexibility index (Phi) is 3.79. The fourth-order valence-electron chi connectivity index (χ4n) is 5.24. The number of hydrogen-bond acceptors (Lipinski definition) is 1.